The van der Waals surface area contributed by atoms with Crippen LogP contribution in [0.25, 0.3) is 0 Å². The van der Waals surface area contributed by atoms with E-state index in [2.05, 4.69) is 12.2 Å². The Morgan fingerprint density at radius 1 is 1.59 bits per heavy atom. The monoisotopic (exact) mass is 311 g/mol. The van der Waals surface area contributed by atoms with Gasteiger partial charge in [-0.25, -0.2) is 0 Å². The average Bonchev–Trinajstić information content (AvgIpc) is 2.65. The van der Waals surface area contributed by atoms with Crippen molar-refractivity contribution in [3.8, 4) is 0 Å². The van der Waals surface area contributed by atoms with Crippen LogP contribution in [0.1, 0.15) is 33.1 Å². The molecule has 7 heteroatoms. The van der Waals surface area contributed by atoms with Crippen molar-refractivity contribution in [2.75, 3.05) is 13.7 Å². The second kappa shape index (κ2) is 5.81. The summed E-state index contributed by atoms with van der Waals surface area (Å²) in [7, 11) is 1.70. The molecule has 5 atom stereocenters. The van der Waals surface area contributed by atoms with E-state index in [-0.39, 0.29) is 29.9 Å². The zero-order valence-electron chi connectivity index (χ0n) is 13.4. The third-order valence-corrected chi connectivity index (χ3v) is 4.81. The molecule has 1 amide bonds. The maximum atomic E-state index is 11.7. The molecule has 3 aliphatic rings. The summed E-state index contributed by atoms with van der Waals surface area (Å²) in [5, 5.41) is 2.73. The molecule has 22 heavy (non-hydrogen) atoms. The molecule has 2 fully saturated rings. The lowest BCUT2D eigenvalue weighted by molar-refractivity contribution is -0.144. The van der Waals surface area contributed by atoms with Crippen molar-refractivity contribution < 1.29 is 19.0 Å². The van der Waals surface area contributed by atoms with Crippen molar-refractivity contribution >= 4 is 5.91 Å². The van der Waals surface area contributed by atoms with E-state index in [0.717, 1.165) is 19.3 Å². The van der Waals surface area contributed by atoms with Crippen molar-refractivity contribution in [1.82, 2.24) is 10.2 Å². The van der Waals surface area contributed by atoms with E-state index >= 15 is 0 Å². The zero-order chi connectivity index (χ0) is 15.9. The number of ether oxygens (including phenoxy) is 3. The first kappa shape index (κ1) is 15.7. The number of carbonyl (C=O) groups is 1. The van der Waals surface area contributed by atoms with Crippen LogP contribution in [0.4, 0.5) is 0 Å². The molecule has 7 nitrogen and oxygen atoms in total. The van der Waals surface area contributed by atoms with Crippen molar-refractivity contribution in [2.45, 2.75) is 63.4 Å². The molecular weight excluding hydrogens is 286 g/mol. The van der Waals surface area contributed by atoms with E-state index in [4.69, 9.17) is 19.9 Å². The molecule has 3 heterocycles. The molecule has 124 valence electrons. The van der Waals surface area contributed by atoms with Gasteiger partial charge in [0.15, 0.2) is 12.5 Å². The third kappa shape index (κ3) is 2.32. The number of hydrogen-bond acceptors (Lipinski definition) is 6. The van der Waals surface area contributed by atoms with Crippen molar-refractivity contribution in [2.24, 2.45) is 5.73 Å². The number of amides is 1. The van der Waals surface area contributed by atoms with Gasteiger partial charge < -0.3 is 24.4 Å². The van der Waals surface area contributed by atoms with Gasteiger partial charge in [0.05, 0.1) is 6.61 Å². The van der Waals surface area contributed by atoms with Crippen molar-refractivity contribution in [3.05, 3.63) is 11.8 Å². The highest BCUT2D eigenvalue weighted by Crippen LogP contribution is 2.45. The van der Waals surface area contributed by atoms with Gasteiger partial charge in [0, 0.05) is 25.3 Å². The van der Waals surface area contributed by atoms with Crippen LogP contribution < -0.4 is 11.1 Å². The van der Waals surface area contributed by atoms with Crippen LogP contribution in [-0.4, -0.2) is 54.9 Å². The van der Waals surface area contributed by atoms with Gasteiger partial charge in [0.2, 0.25) is 0 Å². The summed E-state index contributed by atoms with van der Waals surface area (Å²) in [6, 6.07) is 0. The summed E-state index contributed by atoms with van der Waals surface area (Å²) < 4.78 is 18.1. The minimum atomic E-state index is -0.625. The molecule has 3 N–H and O–H groups in total. The predicted molar refractivity (Wildman–Crippen MR) is 79.4 cm³/mol. The molecule has 0 aliphatic carbocycles. The van der Waals surface area contributed by atoms with Gasteiger partial charge in [-0.3, -0.25) is 10.5 Å². The first-order valence-corrected chi connectivity index (χ1v) is 7.87. The number of fused-ring (bicyclic) bond motifs is 2. The fourth-order valence-electron chi connectivity index (χ4n) is 3.81. The Morgan fingerprint density at radius 2 is 2.36 bits per heavy atom. The number of nitrogens with two attached hydrogens (primary N) is 1. The highest BCUT2D eigenvalue weighted by atomic mass is 16.6. The SMILES string of the molecule is CCC[C@@]12CCO[C@@H](C1OC)[C@H](N1C=C(C)C(=O)NC1N)O2. The Morgan fingerprint density at radius 3 is 3.05 bits per heavy atom. The van der Waals surface area contributed by atoms with Crippen molar-refractivity contribution in [3.63, 3.8) is 0 Å². The van der Waals surface area contributed by atoms with E-state index in [9.17, 15) is 4.79 Å². The van der Waals surface area contributed by atoms with E-state index in [0.29, 0.717) is 12.2 Å². The van der Waals surface area contributed by atoms with E-state index in [1.807, 2.05) is 4.90 Å². The lowest BCUT2D eigenvalue weighted by atomic mass is 9.85. The van der Waals surface area contributed by atoms with E-state index < -0.39 is 6.29 Å². The van der Waals surface area contributed by atoms with Crippen LogP contribution in [0.3, 0.4) is 0 Å². The predicted octanol–water partition coefficient (Wildman–Crippen LogP) is 0.263. The number of carbonyl (C=O) groups excluding carboxylic acids is 1. The van der Waals surface area contributed by atoms with Crippen LogP contribution in [-0.2, 0) is 19.0 Å². The highest BCUT2D eigenvalue weighted by molar-refractivity contribution is 5.93. The number of methoxy groups -OCH3 is 1. The largest absolute Gasteiger partial charge is 0.376 e. The second-order valence-corrected chi connectivity index (χ2v) is 6.24. The van der Waals surface area contributed by atoms with Crippen LogP contribution in [0.15, 0.2) is 11.8 Å². The smallest absolute Gasteiger partial charge is 0.250 e. The maximum Gasteiger partial charge on any atom is 0.250 e. The van der Waals surface area contributed by atoms with Gasteiger partial charge in [-0.05, 0) is 13.3 Å². The number of hydrogen-bond donors (Lipinski definition) is 2. The minimum Gasteiger partial charge on any atom is -0.376 e. The maximum absolute atomic E-state index is 11.7. The topological polar surface area (TPSA) is 86.1 Å². The molecule has 2 bridgehead atoms. The molecule has 2 unspecified atom stereocenters. The van der Waals surface area contributed by atoms with Crippen LogP contribution >= 0.6 is 0 Å². The standard InChI is InChI=1S/C15H25N3O4/c1-4-5-15-6-7-21-10(11(15)20-3)13(22-15)18-8-9(2)12(19)17-14(18)16/h8,10-11,13-14H,4-7,16H2,1-3H3,(H,17,19)/t10-,11?,13+,14?,15+/m0/s1. The molecule has 0 saturated carbocycles. The van der Waals surface area contributed by atoms with Gasteiger partial charge in [-0.1, -0.05) is 13.3 Å². The summed E-state index contributed by atoms with van der Waals surface area (Å²) >= 11 is 0. The summed E-state index contributed by atoms with van der Waals surface area (Å²) in [6.45, 7) is 4.55. The Labute approximate surface area is 130 Å². The highest BCUT2D eigenvalue weighted by Gasteiger charge is 2.60. The molecule has 0 aromatic carbocycles. The lowest BCUT2D eigenvalue weighted by Gasteiger charge is -2.38. The molecule has 0 radical (unpaired) electrons. The average molecular weight is 311 g/mol. The first-order valence-electron chi connectivity index (χ1n) is 7.87. The Balaban J connectivity index is 1.90. The van der Waals surface area contributed by atoms with Gasteiger partial charge in [0.1, 0.15) is 17.8 Å². The molecule has 0 aromatic heterocycles. The Hall–Kier alpha value is -1.15. The number of nitrogens with one attached hydrogen (secondary N) is 1. The second-order valence-electron chi connectivity index (χ2n) is 6.24. The number of nitrogens with zero attached hydrogens (tertiary/aromatic N) is 1. The summed E-state index contributed by atoms with van der Waals surface area (Å²) in [5.41, 5.74) is 6.34. The molecule has 3 aliphatic heterocycles. The van der Waals surface area contributed by atoms with Gasteiger partial charge in [-0.2, -0.15) is 0 Å². The molecule has 2 saturated heterocycles. The quantitative estimate of drug-likeness (QED) is 0.775. The fourth-order valence-corrected chi connectivity index (χ4v) is 3.81. The Kier molecular flexibility index (Phi) is 4.15. The summed E-state index contributed by atoms with van der Waals surface area (Å²) in [6.07, 6.45) is 3.18. The molecule has 0 aromatic rings. The number of rotatable bonds is 4. The van der Waals surface area contributed by atoms with Gasteiger partial charge in [-0.15, -0.1) is 0 Å². The summed E-state index contributed by atoms with van der Waals surface area (Å²) in [4.78, 5) is 13.5. The van der Waals surface area contributed by atoms with Gasteiger partial charge in [0.25, 0.3) is 5.91 Å². The first-order chi connectivity index (χ1) is 10.5. The van der Waals surface area contributed by atoms with Crippen LogP contribution in [0.2, 0.25) is 0 Å². The van der Waals surface area contributed by atoms with E-state index in [1.54, 1.807) is 20.2 Å². The minimum absolute atomic E-state index is 0.121. The third-order valence-electron chi connectivity index (χ3n) is 4.81. The molecular formula is C15H25N3O4. The molecule has 0 spiro atoms. The normalized spacial score (nSPS) is 41.4. The van der Waals surface area contributed by atoms with E-state index in [1.165, 1.54) is 0 Å². The fraction of sp³-hybridized carbons (Fsp3) is 0.800. The van der Waals surface area contributed by atoms with Crippen LogP contribution in [0, 0.1) is 0 Å². The molecule has 3 rings (SSSR count). The van der Waals surface area contributed by atoms with Gasteiger partial charge >= 0.3 is 0 Å². The zero-order valence-corrected chi connectivity index (χ0v) is 13.4. The van der Waals surface area contributed by atoms with Crippen molar-refractivity contribution in [1.29, 1.82) is 0 Å². The summed E-state index contributed by atoms with van der Waals surface area (Å²) in [5.74, 6) is -0.155. The van der Waals surface area contributed by atoms with Crippen LogP contribution in [0.5, 0.6) is 0 Å². The lowest BCUT2D eigenvalue weighted by Crippen LogP contribution is -2.61. The Bertz CT molecular complexity index is 479.